The Bertz CT molecular complexity index is 656. The SMILES string of the molecule is Cn1nc(-c2nnc(O)o2)c2ccccc21. The number of nitrogens with zero attached hydrogens (tertiary/aromatic N) is 4. The Kier molecular flexibility index (Phi) is 1.70. The molecule has 0 aliphatic carbocycles. The number of aryl methyl sites for hydroxylation is 1. The van der Waals surface area contributed by atoms with Crippen molar-refractivity contribution < 1.29 is 9.52 Å². The molecule has 2 aromatic heterocycles. The highest BCUT2D eigenvalue weighted by Crippen LogP contribution is 2.27. The van der Waals surface area contributed by atoms with Gasteiger partial charge >= 0.3 is 6.08 Å². The van der Waals surface area contributed by atoms with Gasteiger partial charge in [-0.05, 0) is 6.07 Å². The van der Waals surface area contributed by atoms with Gasteiger partial charge in [-0.1, -0.05) is 23.3 Å². The molecule has 2 heterocycles. The summed E-state index contributed by atoms with van der Waals surface area (Å²) in [5.41, 5.74) is 1.54. The summed E-state index contributed by atoms with van der Waals surface area (Å²) in [4.78, 5) is 0. The van der Waals surface area contributed by atoms with Gasteiger partial charge in [0.2, 0.25) is 0 Å². The molecule has 3 aromatic rings. The van der Waals surface area contributed by atoms with Crippen LogP contribution in [0.5, 0.6) is 6.08 Å². The van der Waals surface area contributed by atoms with E-state index >= 15 is 0 Å². The van der Waals surface area contributed by atoms with Gasteiger partial charge in [0.1, 0.15) is 0 Å². The minimum atomic E-state index is -0.454. The number of aromatic nitrogens is 4. The van der Waals surface area contributed by atoms with Crippen LogP contribution < -0.4 is 0 Å². The van der Waals surface area contributed by atoms with Gasteiger partial charge in [0, 0.05) is 12.4 Å². The van der Waals surface area contributed by atoms with E-state index < -0.39 is 6.08 Å². The second-order valence-electron chi connectivity index (χ2n) is 3.38. The summed E-state index contributed by atoms with van der Waals surface area (Å²) in [5, 5.41) is 21.3. The number of para-hydroxylation sites is 1. The van der Waals surface area contributed by atoms with E-state index in [-0.39, 0.29) is 5.89 Å². The topological polar surface area (TPSA) is 77.0 Å². The molecule has 6 heteroatoms. The third-order valence-corrected chi connectivity index (χ3v) is 2.37. The zero-order valence-electron chi connectivity index (χ0n) is 8.45. The van der Waals surface area contributed by atoms with Crippen molar-refractivity contribution >= 4 is 10.9 Å². The smallest absolute Gasteiger partial charge is 0.412 e. The standard InChI is InChI=1S/C10H8N4O2/c1-14-7-5-3-2-4-6(7)8(13-14)9-11-12-10(15)16-9/h2-5H,1H3,(H,12,15). The van der Waals surface area contributed by atoms with E-state index in [0.717, 1.165) is 10.9 Å². The number of benzene rings is 1. The van der Waals surface area contributed by atoms with Crippen molar-refractivity contribution in [3.63, 3.8) is 0 Å². The molecule has 0 amide bonds. The van der Waals surface area contributed by atoms with E-state index in [1.54, 1.807) is 4.68 Å². The normalized spacial score (nSPS) is 11.1. The van der Waals surface area contributed by atoms with Crippen molar-refractivity contribution in [1.29, 1.82) is 0 Å². The van der Waals surface area contributed by atoms with E-state index in [1.165, 1.54) is 0 Å². The Morgan fingerprint density at radius 3 is 2.81 bits per heavy atom. The first-order valence-corrected chi connectivity index (χ1v) is 4.70. The average Bonchev–Trinajstić information content (AvgIpc) is 2.84. The summed E-state index contributed by atoms with van der Waals surface area (Å²) in [6.07, 6.45) is -0.454. The Labute approximate surface area is 90.1 Å². The monoisotopic (exact) mass is 216 g/mol. The van der Waals surface area contributed by atoms with Crippen LogP contribution in [0.2, 0.25) is 0 Å². The van der Waals surface area contributed by atoms with Gasteiger partial charge < -0.3 is 9.52 Å². The predicted molar refractivity (Wildman–Crippen MR) is 55.7 cm³/mol. The first kappa shape index (κ1) is 8.90. The van der Waals surface area contributed by atoms with Crippen LogP contribution in [0, 0.1) is 0 Å². The molecule has 16 heavy (non-hydrogen) atoms. The number of hydrogen-bond donors (Lipinski definition) is 1. The van der Waals surface area contributed by atoms with Crippen molar-refractivity contribution in [2.24, 2.45) is 7.05 Å². The summed E-state index contributed by atoms with van der Waals surface area (Å²) in [6, 6.07) is 7.70. The fourth-order valence-corrected chi connectivity index (χ4v) is 1.68. The Balaban J connectivity index is 2.32. The van der Waals surface area contributed by atoms with E-state index in [2.05, 4.69) is 15.3 Å². The third kappa shape index (κ3) is 1.16. The second-order valence-corrected chi connectivity index (χ2v) is 3.38. The molecule has 0 saturated heterocycles. The van der Waals surface area contributed by atoms with Crippen LogP contribution in [0.3, 0.4) is 0 Å². The average molecular weight is 216 g/mol. The van der Waals surface area contributed by atoms with Gasteiger partial charge in [0.05, 0.1) is 5.52 Å². The molecule has 3 rings (SSSR count). The fourth-order valence-electron chi connectivity index (χ4n) is 1.68. The number of hydrogen-bond acceptors (Lipinski definition) is 5. The highest BCUT2D eigenvalue weighted by Gasteiger charge is 2.15. The minimum Gasteiger partial charge on any atom is -0.465 e. The summed E-state index contributed by atoms with van der Waals surface area (Å²) >= 11 is 0. The molecule has 1 aromatic carbocycles. The number of rotatable bonds is 1. The molecule has 0 radical (unpaired) electrons. The van der Waals surface area contributed by atoms with Gasteiger partial charge in [-0.2, -0.15) is 5.10 Å². The van der Waals surface area contributed by atoms with E-state index in [4.69, 9.17) is 9.52 Å². The Morgan fingerprint density at radius 1 is 1.25 bits per heavy atom. The predicted octanol–water partition coefficient (Wildman–Crippen LogP) is 1.33. The van der Waals surface area contributed by atoms with Crippen molar-refractivity contribution in [2.45, 2.75) is 0 Å². The van der Waals surface area contributed by atoms with Crippen LogP contribution >= 0.6 is 0 Å². The lowest BCUT2D eigenvalue weighted by atomic mass is 10.2. The fraction of sp³-hybridized carbons (Fsp3) is 0.100. The largest absolute Gasteiger partial charge is 0.465 e. The molecule has 0 aliphatic rings. The van der Waals surface area contributed by atoms with Gasteiger partial charge in [0.25, 0.3) is 5.89 Å². The van der Waals surface area contributed by atoms with E-state index in [0.29, 0.717) is 5.69 Å². The highest BCUT2D eigenvalue weighted by atomic mass is 16.5. The van der Waals surface area contributed by atoms with E-state index in [9.17, 15) is 0 Å². The lowest BCUT2D eigenvalue weighted by Gasteiger charge is -1.90. The van der Waals surface area contributed by atoms with Crippen molar-refractivity contribution in [1.82, 2.24) is 20.0 Å². The summed E-state index contributed by atoms with van der Waals surface area (Å²) in [6.45, 7) is 0. The molecular formula is C10H8N4O2. The van der Waals surface area contributed by atoms with Crippen LogP contribution in [0.4, 0.5) is 0 Å². The van der Waals surface area contributed by atoms with Crippen LogP contribution in [-0.4, -0.2) is 25.1 Å². The first-order chi connectivity index (χ1) is 7.75. The molecule has 0 spiro atoms. The molecule has 0 atom stereocenters. The zero-order chi connectivity index (χ0) is 11.1. The Hall–Kier alpha value is -2.37. The van der Waals surface area contributed by atoms with Gasteiger partial charge in [0.15, 0.2) is 5.69 Å². The van der Waals surface area contributed by atoms with Gasteiger partial charge in [-0.25, -0.2) is 0 Å². The quantitative estimate of drug-likeness (QED) is 0.664. The summed E-state index contributed by atoms with van der Waals surface area (Å²) in [7, 11) is 1.84. The van der Waals surface area contributed by atoms with E-state index in [1.807, 2.05) is 31.3 Å². The maximum Gasteiger partial charge on any atom is 0.412 e. The highest BCUT2D eigenvalue weighted by molar-refractivity contribution is 5.91. The molecule has 0 aliphatic heterocycles. The van der Waals surface area contributed by atoms with Gasteiger partial charge in [-0.15, -0.1) is 5.10 Å². The summed E-state index contributed by atoms with van der Waals surface area (Å²) in [5.74, 6) is 0.217. The lowest BCUT2D eigenvalue weighted by molar-refractivity contribution is 0.320. The van der Waals surface area contributed by atoms with Crippen LogP contribution in [0.15, 0.2) is 28.7 Å². The van der Waals surface area contributed by atoms with Crippen molar-refractivity contribution in [3.05, 3.63) is 24.3 Å². The number of aromatic hydroxyl groups is 1. The molecule has 1 N–H and O–H groups in total. The van der Waals surface area contributed by atoms with Crippen LogP contribution in [0.1, 0.15) is 0 Å². The van der Waals surface area contributed by atoms with Crippen molar-refractivity contribution in [2.75, 3.05) is 0 Å². The maximum atomic E-state index is 9.02. The zero-order valence-corrected chi connectivity index (χ0v) is 8.45. The lowest BCUT2D eigenvalue weighted by Crippen LogP contribution is -1.89. The molecule has 0 fully saturated rings. The molecule has 0 bridgehead atoms. The first-order valence-electron chi connectivity index (χ1n) is 4.70. The van der Waals surface area contributed by atoms with Crippen LogP contribution in [-0.2, 0) is 7.05 Å². The Morgan fingerprint density at radius 2 is 2.06 bits per heavy atom. The van der Waals surface area contributed by atoms with Gasteiger partial charge in [-0.3, -0.25) is 4.68 Å². The molecular weight excluding hydrogens is 208 g/mol. The third-order valence-electron chi connectivity index (χ3n) is 2.37. The number of fused-ring (bicyclic) bond motifs is 1. The summed E-state index contributed by atoms with van der Waals surface area (Å²) < 4.78 is 6.68. The molecule has 0 unspecified atom stereocenters. The van der Waals surface area contributed by atoms with Crippen LogP contribution in [0.25, 0.3) is 22.5 Å². The second kappa shape index (κ2) is 3.06. The minimum absolute atomic E-state index is 0.217. The molecule has 0 saturated carbocycles. The molecule has 6 nitrogen and oxygen atoms in total. The molecule has 80 valence electrons. The maximum absolute atomic E-state index is 9.02. The van der Waals surface area contributed by atoms with Crippen molar-refractivity contribution in [3.8, 4) is 17.7 Å².